The SMILES string of the molecule is Cc1cc(C(=O)NCC(=O)NC(C)(C)C)c(C)n1-c1ccc2c(c1)OCCO2. The lowest BCUT2D eigenvalue weighted by Gasteiger charge is -2.20. The minimum Gasteiger partial charge on any atom is -0.486 e. The fourth-order valence-corrected chi connectivity index (χ4v) is 3.28. The standard InChI is InChI=1S/C21H27N3O4/c1-13-10-16(20(26)22-12-19(25)23-21(3,4)5)14(2)24(13)15-6-7-17-18(11-15)28-9-8-27-17/h6-7,10-11H,8-9,12H2,1-5H3,(H,22,26)(H,23,25). The predicted molar refractivity (Wildman–Crippen MR) is 106 cm³/mol. The maximum atomic E-state index is 12.6. The van der Waals surface area contributed by atoms with Crippen LogP contribution in [0.2, 0.25) is 0 Å². The number of nitrogens with one attached hydrogen (secondary N) is 2. The van der Waals surface area contributed by atoms with Crippen LogP contribution in [0.25, 0.3) is 5.69 Å². The molecule has 3 rings (SSSR count). The molecule has 0 bridgehead atoms. The van der Waals surface area contributed by atoms with Gasteiger partial charge in [0.05, 0.1) is 12.1 Å². The minimum atomic E-state index is -0.337. The second kappa shape index (κ2) is 7.58. The Bertz CT molecular complexity index is 909. The predicted octanol–water partition coefficient (Wildman–Crippen LogP) is 2.51. The van der Waals surface area contributed by atoms with Crippen molar-refractivity contribution in [3.63, 3.8) is 0 Å². The highest BCUT2D eigenvalue weighted by molar-refractivity contribution is 5.98. The molecule has 1 aliphatic rings. The maximum Gasteiger partial charge on any atom is 0.253 e. The summed E-state index contributed by atoms with van der Waals surface area (Å²) in [5.74, 6) is 0.920. The van der Waals surface area contributed by atoms with Crippen molar-refractivity contribution < 1.29 is 19.1 Å². The third-order valence-corrected chi connectivity index (χ3v) is 4.38. The number of nitrogens with zero attached hydrogens (tertiary/aromatic N) is 1. The van der Waals surface area contributed by atoms with E-state index in [1.807, 2.05) is 63.5 Å². The average Bonchev–Trinajstić information content (AvgIpc) is 2.92. The van der Waals surface area contributed by atoms with E-state index < -0.39 is 0 Å². The highest BCUT2D eigenvalue weighted by atomic mass is 16.6. The number of amides is 2. The van der Waals surface area contributed by atoms with Gasteiger partial charge < -0.3 is 24.7 Å². The van der Waals surface area contributed by atoms with Gasteiger partial charge in [-0.25, -0.2) is 0 Å². The molecule has 1 aromatic carbocycles. The molecule has 0 spiro atoms. The molecule has 0 radical (unpaired) electrons. The Kier molecular flexibility index (Phi) is 5.36. The van der Waals surface area contributed by atoms with Gasteiger partial charge in [0, 0.05) is 28.7 Å². The monoisotopic (exact) mass is 385 g/mol. The fourth-order valence-electron chi connectivity index (χ4n) is 3.28. The highest BCUT2D eigenvalue weighted by Crippen LogP contribution is 2.33. The Morgan fingerprint density at radius 3 is 2.43 bits per heavy atom. The molecule has 0 atom stereocenters. The lowest BCUT2D eigenvalue weighted by Crippen LogP contribution is -2.45. The first-order chi connectivity index (χ1) is 13.2. The van der Waals surface area contributed by atoms with Crippen LogP contribution in [0, 0.1) is 13.8 Å². The van der Waals surface area contributed by atoms with E-state index in [-0.39, 0.29) is 23.9 Å². The van der Waals surface area contributed by atoms with Gasteiger partial charge >= 0.3 is 0 Å². The summed E-state index contributed by atoms with van der Waals surface area (Å²) in [5, 5.41) is 5.52. The van der Waals surface area contributed by atoms with Gasteiger partial charge in [-0.2, -0.15) is 0 Å². The van der Waals surface area contributed by atoms with E-state index in [1.54, 1.807) is 0 Å². The molecule has 0 unspecified atom stereocenters. The van der Waals surface area contributed by atoms with Crippen molar-refractivity contribution in [3.8, 4) is 17.2 Å². The molecule has 2 heterocycles. The molecule has 7 nitrogen and oxygen atoms in total. The molecule has 7 heteroatoms. The van der Waals surface area contributed by atoms with E-state index >= 15 is 0 Å². The number of aryl methyl sites for hydroxylation is 1. The molecule has 0 aliphatic carbocycles. The van der Waals surface area contributed by atoms with Crippen molar-refractivity contribution >= 4 is 11.8 Å². The molecule has 1 aromatic heterocycles. The van der Waals surface area contributed by atoms with Gasteiger partial charge in [-0.15, -0.1) is 0 Å². The zero-order chi connectivity index (χ0) is 20.5. The second-order valence-electron chi connectivity index (χ2n) is 7.93. The lowest BCUT2D eigenvalue weighted by atomic mass is 10.1. The van der Waals surface area contributed by atoms with E-state index in [1.165, 1.54) is 0 Å². The third-order valence-electron chi connectivity index (χ3n) is 4.38. The molecule has 2 amide bonds. The van der Waals surface area contributed by atoms with Crippen molar-refractivity contribution in [2.24, 2.45) is 0 Å². The molecule has 0 fully saturated rings. The number of aromatic nitrogens is 1. The van der Waals surface area contributed by atoms with Crippen LogP contribution in [0.5, 0.6) is 11.5 Å². The van der Waals surface area contributed by atoms with Gasteiger partial charge in [0.1, 0.15) is 13.2 Å². The van der Waals surface area contributed by atoms with E-state index in [4.69, 9.17) is 9.47 Å². The summed E-state index contributed by atoms with van der Waals surface area (Å²) >= 11 is 0. The number of hydrogen-bond donors (Lipinski definition) is 2. The van der Waals surface area contributed by atoms with Gasteiger partial charge in [0.15, 0.2) is 11.5 Å². The molecule has 0 saturated carbocycles. The number of carbonyl (C=O) groups excluding carboxylic acids is 2. The first kappa shape index (κ1) is 19.8. The fraction of sp³-hybridized carbons (Fsp3) is 0.429. The molecular formula is C21H27N3O4. The molecule has 2 N–H and O–H groups in total. The largest absolute Gasteiger partial charge is 0.486 e. The summed E-state index contributed by atoms with van der Waals surface area (Å²) in [6, 6.07) is 7.54. The van der Waals surface area contributed by atoms with Crippen molar-refractivity contribution in [1.82, 2.24) is 15.2 Å². The molecule has 2 aromatic rings. The molecule has 150 valence electrons. The zero-order valence-electron chi connectivity index (χ0n) is 17.0. The Morgan fingerprint density at radius 2 is 1.75 bits per heavy atom. The Hall–Kier alpha value is -2.96. The number of hydrogen-bond acceptors (Lipinski definition) is 4. The van der Waals surface area contributed by atoms with E-state index in [2.05, 4.69) is 10.6 Å². The molecule has 0 saturated heterocycles. The smallest absolute Gasteiger partial charge is 0.253 e. The van der Waals surface area contributed by atoms with Crippen molar-refractivity contribution in [2.75, 3.05) is 19.8 Å². The molecule has 1 aliphatic heterocycles. The van der Waals surface area contributed by atoms with Crippen LogP contribution in [0.4, 0.5) is 0 Å². The summed E-state index contributed by atoms with van der Waals surface area (Å²) in [6.45, 7) is 10.5. The number of rotatable bonds is 4. The number of carbonyl (C=O) groups is 2. The Labute approximate surface area is 165 Å². The minimum absolute atomic E-state index is 0.0657. The van der Waals surface area contributed by atoms with Crippen LogP contribution in [-0.4, -0.2) is 41.7 Å². The third kappa shape index (κ3) is 4.30. The molecule has 28 heavy (non-hydrogen) atoms. The topological polar surface area (TPSA) is 81.6 Å². The summed E-state index contributed by atoms with van der Waals surface area (Å²) in [5.41, 5.74) is 2.80. The van der Waals surface area contributed by atoms with E-state index in [0.29, 0.717) is 24.5 Å². The van der Waals surface area contributed by atoms with Gasteiger partial charge in [-0.05, 0) is 52.8 Å². The first-order valence-corrected chi connectivity index (χ1v) is 9.34. The highest BCUT2D eigenvalue weighted by Gasteiger charge is 2.20. The Balaban J connectivity index is 1.78. The summed E-state index contributed by atoms with van der Waals surface area (Å²) < 4.78 is 13.2. The first-order valence-electron chi connectivity index (χ1n) is 9.34. The van der Waals surface area contributed by atoms with Gasteiger partial charge in [-0.3, -0.25) is 9.59 Å². The van der Waals surface area contributed by atoms with Crippen molar-refractivity contribution in [1.29, 1.82) is 0 Å². The summed E-state index contributed by atoms with van der Waals surface area (Å²) in [6.07, 6.45) is 0. The zero-order valence-corrected chi connectivity index (χ0v) is 17.0. The Morgan fingerprint density at radius 1 is 1.07 bits per heavy atom. The summed E-state index contributed by atoms with van der Waals surface area (Å²) in [4.78, 5) is 24.6. The van der Waals surface area contributed by atoms with Gasteiger partial charge in [0.2, 0.25) is 5.91 Å². The summed E-state index contributed by atoms with van der Waals surface area (Å²) in [7, 11) is 0. The van der Waals surface area contributed by atoms with Crippen LogP contribution in [0.15, 0.2) is 24.3 Å². The maximum absolute atomic E-state index is 12.6. The normalized spacial score (nSPS) is 13.2. The van der Waals surface area contributed by atoms with E-state index in [0.717, 1.165) is 22.8 Å². The van der Waals surface area contributed by atoms with Crippen LogP contribution in [0.3, 0.4) is 0 Å². The van der Waals surface area contributed by atoms with Crippen LogP contribution < -0.4 is 20.1 Å². The molecular weight excluding hydrogens is 358 g/mol. The van der Waals surface area contributed by atoms with Crippen molar-refractivity contribution in [2.45, 2.75) is 40.2 Å². The number of ether oxygens (including phenoxy) is 2. The van der Waals surface area contributed by atoms with Gasteiger partial charge in [-0.1, -0.05) is 0 Å². The lowest BCUT2D eigenvalue weighted by molar-refractivity contribution is -0.121. The number of benzene rings is 1. The quantitative estimate of drug-likeness (QED) is 0.847. The van der Waals surface area contributed by atoms with Crippen molar-refractivity contribution in [3.05, 3.63) is 41.2 Å². The van der Waals surface area contributed by atoms with Crippen LogP contribution >= 0.6 is 0 Å². The van der Waals surface area contributed by atoms with Crippen LogP contribution in [-0.2, 0) is 4.79 Å². The second-order valence-corrected chi connectivity index (χ2v) is 7.93. The van der Waals surface area contributed by atoms with Gasteiger partial charge in [0.25, 0.3) is 5.91 Å². The number of fused-ring (bicyclic) bond motifs is 1. The van der Waals surface area contributed by atoms with E-state index in [9.17, 15) is 9.59 Å². The van der Waals surface area contributed by atoms with Crippen LogP contribution in [0.1, 0.15) is 42.5 Å². The average molecular weight is 385 g/mol.